The first-order valence-electron chi connectivity index (χ1n) is 9.74. The van der Waals surface area contributed by atoms with Gasteiger partial charge in [0.05, 0.1) is 6.04 Å². The molecule has 0 spiro atoms. The van der Waals surface area contributed by atoms with Crippen LogP contribution in [0.5, 0.6) is 0 Å². The van der Waals surface area contributed by atoms with E-state index in [-0.39, 0.29) is 23.8 Å². The number of carbonyl (C=O) groups excluding carboxylic acids is 1. The fraction of sp³-hybridized carbons (Fsp3) is 0.667. The van der Waals surface area contributed by atoms with E-state index in [1.807, 2.05) is 11.9 Å². The Morgan fingerprint density at radius 3 is 2.82 bits per heavy atom. The van der Waals surface area contributed by atoms with Crippen LogP contribution in [-0.2, 0) is 11.3 Å². The molecule has 0 saturated carbocycles. The van der Waals surface area contributed by atoms with Gasteiger partial charge < -0.3 is 14.8 Å². The number of nitrogens with zero attached hydrogens (tertiary/aromatic N) is 6. The highest BCUT2D eigenvalue weighted by Crippen LogP contribution is 2.27. The van der Waals surface area contributed by atoms with Crippen LogP contribution in [0.1, 0.15) is 38.4 Å². The van der Waals surface area contributed by atoms with Crippen molar-refractivity contribution >= 4 is 22.9 Å². The summed E-state index contributed by atoms with van der Waals surface area (Å²) in [6.07, 6.45) is 1.42. The molecule has 2 atom stereocenters. The van der Waals surface area contributed by atoms with Crippen molar-refractivity contribution in [1.82, 2.24) is 29.3 Å². The molecule has 2 fully saturated rings. The number of likely N-dealkylation sites (N-methyl/N-ethyl adjacent to an activating group) is 1. The van der Waals surface area contributed by atoms with Crippen molar-refractivity contribution < 1.29 is 13.6 Å². The molecule has 1 unspecified atom stereocenters. The van der Waals surface area contributed by atoms with Gasteiger partial charge in [-0.05, 0) is 39.8 Å². The van der Waals surface area contributed by atoms with Gasteiger partial charge in [0.25, 0.3) is 6.43 Å². The third-order valence-electron chi connectivity index (χ3n) is 5.72. The minimum absolute atomic E-state index is 0.00976. The summed E-state index contributed by atoms with van der Waals surface area (Å²) < 4.78 is 28.0. The Balaban J connectivity index is 1.51. The zero-order chi connectivity index (χ0) is 19.8. The lowest BCUT2D eigenvalue weighted by Gasteiger charge is -2.25. The van der Waals surface area contributed by atoms with Gasteiger partial charge in [-0.1, -0.05) is 0 Å². The molecule has 0 aliphatic carbocycles. The van der Waals surface area contributed by atoms with Crippen LogP contribution in [0.15, 0.2) is 6.33 Å². The number of likely N-dealkylation sites (tertiary alicyclic amines) is 2. The first-order chi connectivity index (χ1) is 13.5. The minimum atomic E-state index is -2.68. The molecule has 0 bridgehead atoms. The molecule has 2 saturated heterocycles. The van der Waals surface area contributed by atoms with Crippen molar-refractivity contribution in [2.75, 3.05) is 32.0 Å². The lowest BCUT2D eigenvalue weighted by Crippen LogP contribution is -2.44. The fourth-order valence-corrected chi connectivity index (χ4v) is 4.24. The Hall–Kier alpha value is -2.36. The van der Waals surface area contributed by atoms with Crippen molar-refractivity contribution in [2.24, 2.45) is 0 Å². The summed E-state index contributed by atoms with van der Waals surface area (Å²) in [5.41, 5.74) is 0.744. The zero-order valence-electron chi connectivity index (χ0n) is 16.1. The second-order valence-electron chi connectivity index (χ2n) is 7.46. The number of amides is 1. The summed E-state index contributed by atoms with van der Waals surface area (Å²) in [6.45, 7) is 4.35. The van der Waals surface area contributed by atoms with E-state index in [0.717, 1.165) is 25.8 Å². The van der Waals surface area contributed by atoms with Crippen LogP contribution in [0, 0.1) is 0 Å². The van der Waals surface area contributed by atoms with Gasteiger partial charge in [0.2, 0.25) is 5.91 Å². The second-order valence-corrected chi connectivity index (χ2v) is 7.46. The lowest BCUT2D eigenvalue weighted by atomic mass is 10.2. The number of fused-ring (bicyclic) bond motifs is 1. The molecule has 10 heteroatoms. The number of anilines is 1. The van der Waals surface area contributed by atoms with Crippen LogP contribution in [0.4, 0.5) is 14.6 Å². The largest absolute Gasteiger partial charge is 0.364 e. The molecule has 4 rings (SSSR count). The van der Waals surface area contributed by atoms with Gasteiger partial charge >= 0.3 is 0 Å². The van der Waals surface area contributed by atoms with Crippen LogP contribution in [0.2, 0.25) is 0 Å². The molecular weight excluding hydrogens is 368 g/mol. The molecule has 8 nitrogen and oxygen atoms in total. The van der Waals surface area contributed by atoms with E-state index < -0.39 is 6.43 Å². The number of aryl methyl sites for hydroxylation is 1. The van der Waals surface area contributed by atoms with Crippen LogP contribution in [0.25, 0.3) is 11.2 Å². The van der Waals surface area contributed by atoms with Gasteiger partial charge in [-0.15, -0.1) is 0 Å². The molecule has 1 N–H and O–H groups in total. The first-order valence-corrected chi connectivity index (χ1v) is 9.74. The van der Waals surface area contributed by atoms with Crippen molar-refractivity contribution in [3.63, 3.8) is 0 Å². The quantitative estimate of drug-likeness (QED) is 0.836. The predicted molar refractivity (Wildman–Crippen MR) is 100 cm³/mol. The number of alkyl halides is 2. The summed E-state index contributed by atoms with van der Waals surface area (Å²) in [7, 11) is 1.99. The van der Waals surface area contributed by atoms with E-state index in [4.69, 9.17) is 0 Å². The van der Waals surface area contributed by atoms with E-state index in [1.165, 1.54) is 10.9 Å². The molecular formula is C18H25F2N7O. The van der Waals surface area contributed by atoms with Crippen molar-refractivity contribution in [3.8, 4) is 0 Å². The molecule has 2 aliphatic rings. The zero-order valence-corrected chi connectivity index (χ0v) is 16.1. The van der Waals surface area contributed by atoms with Crippen LogP contribution in [-0.4, -0.2) is 74.0 Å². The molecule has 2 aromatic heterocycles. The molecule has 4 heterocycles. The van der Waals surface area contributed by atoms with Gasteiger partial charge in [0.15, 0.2) is 22.8 Å². The Bertz CT molecular complexity index is 871. The maximum Gasteiger partial charge on any atom is 0.295 e. The first kappa shape index (κ1) is 19.0. The highest BCUT2D eigenvalue weighted by molar-refractivity contribution is 5.84. The SMILES string of the molecule is CCn1c(C(F)F)nc2c(NC3CCN(C(=O)[C@H]4CCCN4C)C3)ncnc21. The Labute approximate surface area is 161 Å². The summed E-state index contributed by atoms with van der Waals surface area (Å²) >= 11 is 0. The van der Waals surface area contributed by atoms with E-state index >= 15 is 0 Å². The second kappa shape index (κ2) is 7.57. The maximum atomic E-state index is 13.3. The number of aromatic nitrogens is 4. The monoisotopic (exact) mass is 393 g/mol. The van der Waals surface area contributed by atoms with Crippen LogP contribution < -0.4 is 5.32 Å². The average Bonchev–Trinajstić information content (AvgIpc) is 3.39. The van der Waals surface area contributed by atoms with E-state index in [1.54, 1.807) is 6.92 Å². The summed E-state index contributed by atoms with van der Waals surface area (Å²) in [6, 6.07) is -0.0195. The summed E-state index contributed by atoms with van der Waals surface area (Å²) in [4.78, 5) is 29.2. The Kier molecular flexibility index (Phi) is 5.13. The summed E-state index contributed by atoms with van der Waals surface area (Å²) in [5.74, 6) is 0.317. The maximum absolute atomic E-state index is 13.3. The van der Waals surface area contributed by atoms with Gasteiger partial charge in [-0.25, -0.2) is 23.7 Å². The van der Waals surface area contributed by atoms with Gasteiger partial charge in [-0.3, -0.25) is 9.69 Å². The van der Waals surface area contributed by atoms with Crippen LogP contribution >= 0.6 is 0 Å². The Morgan fingerprint density at radius 1 is 1.32 bits per heavy atom. The number of imidazole rings is 1. The van der Waals surface area contributed by atoms with Gasteiger partial charge in [0, 0.05) is 25.7 Å². The number of halogens is 2. The summed E-state index contributed by atoms with van der Waals surface area (Å²) in [5, 5.41) is 3.29. The number of nitrogens with one attached hydrogen (secondary N) is 1. The standard InChI is InChI=1S/C18H25F2N7O/c1-3-27-16-13(24-17(27)14(19)20)15(21-10-22-16)23-11-6-8-26(9-11)18(28)12-5-4-7-25(12)2/h10-12,14H,3-9H2,1-2H3,(H,21,22,23)/t11?,12-/m1/s1. The van der Waals surface area contributed by atoms with Crippen molar-refractivity contribution in [3.05, 3.63) is 12.2 Å². The highest BCUT2D eigenvalue weighted by atomic mass is 19.3. The number of rotatable bonds is 5. The minimum Gasteiger partial charge on any atom is -0.364 e. The smallest absolute Gasteiger partial charge is 0.295 e. The highest BCUT2D eigenvalue weighted by Gasteiger charge is 2.35. The van der Waals surface area contributed by atoms with E-state index in [9.17, 15) is 13.6 Å². The number of hydrogen-bond donors (Lipinski definition) is 1. The molecule has 2 aliphatic heterocycles. The van der Waals surface area contributed by atoms with Crippen molar-refractivity contribution in [2.45, 2.75) is 51.2 Å². The van der Waals surface area contributed by atoms with E-state index in [0.29, 0.717) is 36.6 Å². The van der Waals surface area contributed by atoms with Crippen LogP contribution in [0.3, 0.4) is 0 Å². The average molecular weight is 393 g/mol. The van der Waals surface area contributed by atoms with Gasteiger partial charge in [-0.2, -0.15) is 0 Å². The molecule has 2 aromatic rings. The fourth-order valence-electron chi connectivity index (χ4n) is 4.24. The number of hydrogen-bond acceptors (Lipinski definition) is 6. The Morgan fingerprint density at radius 2 is 2.14 bits per heavy atom. The normalized spacial score (nSPS) is 23.2. The third-order valence-corrected chi connectivity index (χ3v) is 5.72. The molecule has 0 aromatic carbocycles. The molecule has 28 heavy (non-hydrogen) atoms. The lowest BCUT2D eigenvalue weighted by molar-refractivity contribution is -0.134. The molecule has 152 valence electrons. The topological polar surface area (TPSA) is 79.2 Å². The predicted octanol–water partition coefficient (Wildman–Crippen LogP) is 1.89. The number of carbonyl (C=O) groups is 1. The third kappa shape index (κ3) is 3.30. The molecule has 1 amide bonds. The molecule has 0 radical (unpaired) electrons. The van der Waals surface area contributed by atoms with Gasteiger partial charge in [0.1, 0.15) is 6.33 Å². The van der Waals surface area contributed by atoms with Crippen molar-refractivity contribution in [1.29, 1.82) is 0 Å². The van der Waals surface area contributed by atoms with E-state index in [2.05, 4.69) is 25.2 Å².